The minimum atomic E-state index is 0.663. The van der Waals surface area contributed by atoms with Gasteiger partial charge >= 0.3 is 0 Å². The summed E-state index contributed by atoms with van der Waals surface area (Å²) in [6.45, 7) is 3.05. The molecule has 0 heterocycles. The highest BCUT2D eigenvalue weighted by atomic mass is 32.2. The molecule has 1 aliphatic rings. The summed E-state index contributed by atoms with van der Waals surface area (Å²) < 4.78 is 0. The normalized spacial score (nSPS) is 22.4. The van der Waals surface area contributed by atoms with Crippen LogP contribution in [0, 0.1) is 5.92 Å². The Kier molecular flexibility index (Phi) is 4.31. The van der Waals surface area contributed by atoms with Crippen molar-refractivity contribution in [1.29, 1.82) is 0 Å². The van der Waals surface area contributed by atoms with Gasteiger partial charge in [0.1, 0.15) is 0 Å². The molecule has 0 aromatic rings. The van der Waals surface area contributed by atoms with Crippen LogP contribution in [-0.4, -0.2) is 17.5 Å². The topological polar surface area (TPSA) is 26.0 Å². The lowest BCUT2D eigenvalue weighted by molar-refractivity contribution is 0.622. The molecule has 1 rings (SSSR count). The lowest BCUT2D eigenvalue weighted by Gasteiger charge is -2.11. The fourth-order valence-corrected chi connectivity index (χ4v) is 2.62. The third-order valence-electron chi connectivity index (χ3n) is 2.42. The highest BCUT2D eigenvalue weighted by Gasteiger charge is 2.15. The van der Waals surface area contributed by atoms with Gasteiger partial charge in [0.25, 0.3) is 0 Å². The lowest BCUT2D eigenvalue weighted by atomic mass is 10.1. The fourth-order valence-electron chi connectivity index (χ4n) is 1.55. The SMILES string of the molecule is CC(CN)SCC1CCCC1. The van der Waals surface area contributed by atoms with E-state index in [2.05, 4.69) is 6.92 Å². The zero-order valence-corrected chi connectivity index (χ0v) is 8.20. The molecule has 0 radical (unpaired) electrons. The zero-order chi connectivity index (χ0) is 8.10. The van der Waals surface area contributed by atoms with Crippen LogP contribution in [0.1, 0.15) is 32.6 Å². The van der Waals surface area contributed by atoms with Gasteiger partial charge < -0.3 is 5.73 Å². The molecule has 0 saturated heterocycles. The Bertz CT molecular complexity index is 99.7. The second kappa shape index (κ2) is 5.04. The van der Waals surface area contributed by atoms with Crippen LogP contribution in [0.4, 0.5) is 0 Å². The van der Waals surface area contributed by atoms with Gasteiger partial charge in [0.05, 0.1) is 0 Å². The second-order valence-corrected chi connectivity index (χ2v) is 5.00. The van der Waals surface area contributed by atoms with E-state index in [1.807, 2.05) is 11.8 Å². The molecule has 11 heavy (non-hydrogen) atoms. The predicted molar refractivity (Wildman–Crippen MR) is 52.9 cm³/mol. The fraction of sp³-hybridized carbons (Fsp3) is 1.00. The minimum Gasteiger partial charge on any atom is -0.329 e. The molecule has 2 heteroatoms. The lowest BCUT2D eigenvalue weighted by Crippen LogP contribution is -2.14. The average Bonchev–Trinajstić information content (AvgIpc) is 2.52. The Morgan fingerprint density at radius 2 is 2.09 bits per heavy atom. The van der Waals surface area contributed by atoms with Crippen molar-refractivity contribution in [2.24, 2.45) is 11.7 Å². The van der Waals surface area contributed by atoms with Crippen LogP contribution in [-0.2, 0) is 0 Å². The van der Waals surface area contributed by atoms with Crippen molar-refractivity contribution in [3.8, 4) is 0 Å². The molecule has 1 unspecified atom stereocenters. The number of hydrogen-bond donors (Lipinski definition) is 1. The third kappa shape index (κ3) is 3.48. The smallest absolute Gasteiger partial charge is 0.0142 e. The van der Waals surface area contributed by atoms with Gasteiger partial charge in [-0.1, -0.05) is 19.8 Å². The predicted octanol–water partition coefficient (Wildman–Crippen LogP) is 2.26. The molecule has 0 spiro atoms. The number of rotatable bonds is 4. The number of thioether (sulfide) groups is 1. The van der Waals surface area contributed by atoms with Crippen LogP contribution in [0.25, 0.3) is 0 Å². The van der Waals surface area contributed by atoms with Crippen molar-refractivity contribution >= 4 is 11.8 Å². The van der Waals surface area contributed by atoms with Gasteiger partial charge in [-0.15, -0.1) is 0 Å². The monoisotopic (exact) mass is 173 g/mol. The van der Waals surface area contributed by atoms with Gasteiger partial charge in [0, 0.05) is 11.8 Å². The summed E-state index contributed by atoms with van der Waals surface area (Å²) in [5.74, 6) is 2.35. The number of nitrogens with two attached hydrogens (primary N) is 1. The maximum atomic E-state index is 5.54. The van der Waals surface area contributed by atoms with E-state index in [0.29, 0.717) is 5.25 Å². The summed E-state index contributed by atoms with van der Waals surface area (Å²) in [5.41, 5.74) is 5.54. The Labute approximate surface area is 74.1 Å². The van der Waals surface area contributed by atoms with E-state index in [-0.39, 0.29) is 0 Å². The Balaban J connectivity index is 2.01. The van der Waals surface area contributed by atoms with Crippen LogP contribution in [0.2, 0.25) is 0 Å². The average molecular weight is 173 g/mol. The van der Waals surface area contributed by atoms with Crippen LogP contribution in [0.15, 0.2) is 0 Å². The highest BCUT2D eigenvalue weighted by molar-refractivity contribution is 7.99. The molecule has 1 saturated carbocycles. The molecule has 0 bridgehead atoms. The van der Waals surface area contributed by atoms with Crippen molar-refractivity contribution in [3.05, 3.63) is 0 Å². The van der Waals surface area contributed by atoms with E-state index >= 15 is 0 Å². The standard InChI is InChI=1S/C9H19NS/c1-8(6-10)11-7-9-4-2-3-5-9/h8-9H,2-7,10H2,1H3. The molecular formula is C9H19NS. The van der Waals surface area contributed by atoms with Gasteiger partial charge in [0.2, 0.25) is 0 Å². The Hall–Kier alpha value is 0.310. The first-order valence-electron chi connectivity index (χ1n) is 4.64. The summed E-state index contributed by atoms with van der Waals surface area (Å²) in [6.07, 6.45) is 5.85. The molecule has 66 valence electrons. The van der Waals surface area contributed by atoms with E-state index in [0.717, 1.165) is 12.5 Å². The van der Waals surface area contributed by atoms with Crippen LogP contribution >= 0.6 is 11.8 Å². The first-order valence-corrected chi connectivity index (χ1v) is 5.69. The summed E-state index contributed by atoms with van der Waals surface area (Å²) >= 11 is 2.05. The van der Waals surface area contributed by atoms with E-state index in [4.69, 9.17) is 5.73 Å². The Morgan fingerprint density at radius 3 is 2.64 bits per heavy atom. The molecule has 0 aliphatic heterocycles. The Morgan fingerprint density at radius 1 is 1.45 bits per heavy atom. The van der Waals surface area contributed by atoms with Crippen molar-refractivity contribution in [2.45, 2.75) is 37.9 Å². The second-order valence-electron chi connectivity index (χ2n) is 3.53. The number of hydrogen-bond acceptors (Lipinski definition) is 2. The van der Waals surface area contributed by atoms with Crippen LogP contribution in [0.5, 0.6) is 0 Å². The van der Waals surface area contributed by atoms with Crippen molar-refractivity contribution in [3.63, 3.8) is 0 Å². The van der Waals surface area contributed by atoms with E-state index in [1.165, 1.54) is 31.4 Å². The molecule has 0 aromatic carbocycles. The van der Waals surface area contributed by atoms with E-state index < -0.39 is 0 Å². The molecule has 1 fully saturated rings. The molecule has 1 aliphatic carbocycles. The summed E-state index contributed by atoms with van der Waals surface area (Å²) in [7, 11) is 0. The minimum absolute atomic E-state index is 0.663. The van der Waals surface area contributed by atoms with Gasteiger partial charge in [-0.05, 0) is 24.5 Å². The summed E-state index contributed by atoms with van der Waals surface area (Å²) in [4.78, 5) is 0. The summed E-state index contributed by atoms with van der Waals surface area (Å²) in [5, 5.41) is 0.663. The third-order valence-corrected chi connectivity index (χ3v) is 3.85. The van der Waals surface area contributed by atoms with E-state index in [9.17, 15) is 0 Å². The molecule has 0 aromatic heterocycles. The molecule has 1 atom stereocenters. The first-order chi connectivity index (χ1) is 5.33. The maximum Gasteiger partial charge on any atom is 0.0142 e. The maximum absolute atomic E-state index is 5.54. The summed E-state index contributed by atoms with van der Waals surface area (Å²) in [6, 6.07) is 0. The van der Waals surface area contributed by atoms with Gasteiger partial charge in [-0.3, -0.25) is 0 Å². The molecule has 1 nitrogen and oxygen atoms in total. The van der Waals surface area contributed by atoms with E-state index in [1.54, 1.807) is 0 Å². The van der Waals surface area contributed by atoms with Gasteiger partial charge in [-0.2, -0.15) is 11.8 Å². The van der Waals surface area contributed by atoms with Gasteiger partial charge in [-0.25, -0.2) is 0 Å². The van der Waals surface area contributed by atoms with Gasteiger partial charge in [0.15, 0.2) is 0 Å². The first kappa shape index (κ1) is 9.40. The van der Waals surface area contributed by atoms with Crippen molar-refractivity contribution < 1.29 is 0 Å². The van der Waals surface area contributed by atoms with Crippen LogP contribution < -0.4 is 5.73 Å². The van der Waals surface area contributed by atoms with Crippen molar-refractivity contribution in [2.75, 3.05) is 12.3 Å². The molecule has 2 N–H and O–H groups in total. The zero-order valence-electron chi connectivity index (χ0n) is 7.38. The molecular weight excluding hydrogens is 154 g/mol. The quantitative estimate of drug-likeness (QED) is 0.705. The largest absolute Gasteiger partial charge is 0.329 e. The molecule has 0 amide bonds. The highest BCUT2D eigenvalue weighted by Crippen LogP contribution is 2.28. The van der Waals surface area contributed by atoms with Crippen molar-refractivity contribution in [1.82, 2.24) is 0 Å². The van der Waals surface area contributed by atoms with Crippen LogP contribution in [0.3, 0.4) is 0 Å².